The van der Waals surface area contributed by atoms with E-state index in [2.05, 4.69) is 29.1 Å². The average Bonchev–Trinajstić information content (AvgIpc) is 2.64. The van der Waals surface area contributed by atoms with Gasteiger partial charge in [-0.25, -0.2) is 0 Å². The van der Waals surface area contributed by atoms with Crippen molar-refractivity contribution in [3.05, 3.63) is 24.5 Å². The van der Waals surface area contributed by atoms with E-state index < -0.39 is 0 Å². The van der Waals surface area contributed by atoms with Gasteiger partial charge < -0.3 is 5.32 Å². The largest absolute Gasteiger partial charge is 0.311 e. The van der Waals surface area contributed by atoms with E-state index in [0.29, 0.717) is 0 Å². The van der Waals surface area contributed by atoms with Crippen molar-refractivity contribution in [3.63, 3.8) is 0 Å². The van der Waals surface area contributed by atoms with Crippen LogP contribution >= 0.6 is 0 Å². The van der Waals surface area contributed by atoms with Gasteiger partial charge in [0.1, 0.15) is 0 Å². The van der Waals surface area contributed by atoms with Crippen molar-refractivity contribution in [2.24, 2.45) is 0 Å². The average molecular weight is 180 g/mol. The second-order valence-corrected chi connectivity index (χ2v) is 2.95. The first-order valence-corrected chi connectivity index (χ1v) is 4.54. The van der Waals surface area contributed by atoms with Gasteiger partial charge in [0.05, 0.1) is 12.7 Å². The van der Waals surface area contributed by atoms with Gasteiger partial charge in [0, 0.05) is 19.3 Å². The number of hydrogen-bond donors (Lipinski definition) is 1. The van der Waals surface area contributed by atoms with Crippen molar-refractivity contribution < 1.29 is 0 Å². The van der Waals surface area contributed by atoms with E-state index in [9.17, 15) is 0 Å². The molecule has 13 heavy (non-hydrogen) atoms. The van der Waals surface area contributed by atoms with Gasteiger partial charge in [-0.1, -0.05) is 24.3 Å². The molecule has 4 heteroatoms. The molecule has 1 heterocycles. The van der Waals surface area contributed by atoms with Crippen LogP contribution in [-0.4, -0.2) is 28.1 Å². The Morgan fingerprint density at radius 2 is 2.46 bits per heavy atom. The third-order valence-corrected chi connectivity index (χ3v) is 1.86. The Morgan fingerprint density at radius 3 is 3.08 bits per heavy atom. The first-order valence-electron chi connectivity index (χ1n) is 4.54. The van der Waals surface area contributed by atoms with Crippen molar-refractivity contribution in [2.45, 2.75) is 19.9 Å². The number of aromatic nitrogens is 3. The number of nitrogens with zero attached hydrogens (tertiary/aromatic N) is 3. The molecule has 0 atom stereocenters. The van der Waals surface area contributed by atoms with Gasteiger partial charge in [0.15, 0.2) is 0 Å². The lowest BCUT2D eigenvalue weighted by molar-refractivity contribution is 0.551. The van der Waals surface area contributed by atoms with E-state index in [-0.39, 0.29) is 0 Å². The Kier molecular flexibility index (Phi) is 4.18. The lowest BCUT2D eigenvalue weighted by atomic mass is 10.2. The van der Waals surface area contributed by atoms with Gasteiger partial charge in [-0.15, -0.1) is 5.10 Å². The molecule has 0 aliphatic heterocycles. The fourth-order valence-corrected chi connectivity index (χ4v) is 0.936. The smallest absolute Gasteiger partial charge is 0.0692 e. The zero-order valence-corrected chi connectivity index (χ0v) is 8.03. The fourth-order valence-electron chi connectivity index (χ4n) is 0.936. The summed E-state index contributed by atoms with van der Waals surface area (Å²) in [5.74, 6) is 0. The van der Waals surface area contributed by atoms with Crippen LogP contribution in [0.25, 0.3) is 0 Å². The molecular weight excluding hydrogens is 164 g/mol. The van der Waals surface area contributed by atoms with E-state index in [0.717, 1.165) is 26.1 Å². The van der Waals surface area contributed by atoms with E-state index >= 15 is 0 Å². The highest BCUT2D eigenvalue weighted by Gasteiger charge is 1.92. The molecule has 0 aliphatic carbocycles. The monoisotopic (exact) mass is 180 g/mol. The zero-order valence-electron chi connectivity index (χ0n) is 8.03. The van der Waals surface area contributed by atoms with Crippen LogP contribution in [0.5, 0.6) is 0 Å². The van der Waals surface area contributed by atoms with Gasteiger partial charge in [-0.3, -0.25) is 4.68 Å². The summed E-state index contributed by atoms with van der Waals surface area (Å²) in [6, 6.07) is 0. The summed E-state index contributed by atoms with van der Waals surface area (Å²) in [6.45, 7) is 8.68. The zero-order chi connectivity index (χ0) is 9.52. The number of rotatable bonds is 6. The molecule has 0 saturated heterocycles. The van der Waals surface area contributed by atoms with Gasteiger partial charge >= 0.3 is 0 Å². The lowest BCUT2D eigenvalue weighted by Crippen LogP contribution is -2.22. The van der Waals surface area contributed by atoms with Gasteiger partial charge in [-0.05, 0) is 6.42 Å². The second-order valence-electron chi connectivity index (χ2n) is 2.95. The van der Waals surface area contributed by atoms with Crippen LogP contribution in [0.2, 0.25) is 0 Å². The van der Waals surface area contributed by atoms with E-state index in [1.54, 1.807) is 6.20 Å². The molecule has 0 aliphatic rings. The SMILES string of the molecule is C=C(CC)CNCCn1ccnn1. The van der Waals surface area contributed by atoms with Crippen LogP contribution in [0, 0.1) is 0 Å². The molecule has 1 rings (SSSR count). The van der Waals surface area contributed by atoms with Gasteiger partial charge in [-0.2, -0.15) is 0 Å². The maximum atomic E-state index is 3.91. The summed E-state index contributed by atoms with van der Waals surface area (Å²) in [4.78, 5) is 0. The molecule has 1 aromatic rings. The third-order valence-electron chi connectivity index (χ3n) is 1.86. The Bertz CT molecular complexity index is 240. The molecule has 1 N–H and O–H groups in total. The van der Waals surface area contributed by atoms with Crippen molar-refractivity contribution in [2.75, 3.05) is 13.1 Å². The second kappa shape index (κ2) is 5.48. The summed E-state index contributed by atoms with van der Waals surface area (Å²) in [5, 5.41) is 10.9. The van der Waals surface area contributed by atoms with Crippen LogP contribution in [0.4, 0.5) is 0 Å². The summed E-state index contributed by atoms with van der Waals surface area (Å²) < 4.78 is 1.81. The van der Waals surface area contributed by atoms with Crippen LogP contribution in [0.1, 0.15) is 13.3 Å². The Labute approximate surface area is 78.6 Å². The minimum absolute atomic E-state index is 0.858. The van der Waals surface area contributed by atoms with Gasteiger partial charge in [0.2, 0.25) is 0 Å². The van der Waals surface area contributed by atoms with Crippen molar-refractivity contribution in [1.29, 1.82) is 0 Å². The van der Waals surface area contributed by atoms with Crippen molar-refractivity contribution >= 4 is 0 Å². The maximum Gasteiger partial charge on any atom is 0.0692 e. The highest BCUT2D eigenvalue weighted by atomic mass is 15.4. The first kappa shape index (κ1) is 9.92. The Morgan fingerprint density at radius 1 is 1.62 bits per heavy atom. The molecule has 0 amide bonds. The molecule has 0 bridgehead atoms. The molecule has 1 aromatic heterocycles. The first-order chi connectivity index (χ1) is 6.33. The predicted octanol–water partition coefficient (Wildman–Crippen LogP) is 0.834. The highest BCUT2D eigenvalue weighted by molar-refractivity contribution is 4.94. The van der Waals surface area contributed by atoms with Gasteiger partial charge in [0.25, 0.3) is 0 Å². The molecule has 72 valence electrons. The number of nitrogens with one attached hydrogen (secondary N) is 1. The number of hydrogen-bond acceptors (Lipinski definition) is 3. The molecule has 0 unspecified atom stereocenters. The topological polar surface area (TPSA) is 42.7 Å². The summed E-state index contributed by atoms with van der Waals surface area (Å²) in [5.41, 5.74) is 1.23. The fraction of sp³-hybridized carbons (Fsp3) is 0.556. The maximum absolute atomic E-state index is 3.91. The quantitative estimate of drug-likeness (QED) is 0.521. The summed E-state index contributed by atoms with van der Waals surface area (Å²) >= 11 is 0. The third kappa shape index (κ3) is 3.85. The molecule has 0 saturated carbocycles. The normalized spacial score (nSPS) is 10.2. The molecule has 0 radical (unpaired) electrons. The van der Waals surface area contributed by atoms with Crippen LogP contribution in [-0.2, 0) is 6.54 Å². The van der Waals surface area contributed by atoms with E-state index in [1.807, 2.05) is 10.9 Å². The standard InChI is InChI=1S/C9H16N4/c1-3-9(2)8-10-4-6-13-7-5-11-12-13/h5,7,10H,2-4,6,8H2,1H3. The lowest BCUT2D eigenvalue weighted by Gasteiger charge is -2.04. The minimum atomic E-state index is 0.858. The van der Waals surface area contributed by atoms with E-state index in [1.165, 1.54) is 5.57 Å². The molecular formula is C9H16N4. The molecule has 4 nitrogen and oxygen atoms in total. The highest BCUT2D eigenvalue weighted by Crippen LogP contribution is 1.92. The minimum Gasteiger partial charge on any atom is -0.311 e. The molecule has 0 spiro atoms. The molecule has 0 aromatic carbocycles. The molecule has 0 fully saturated rings. The van der Waals surface area contributed by atoms with Crippen molar-refractivity contribution in [3.8, 4) is 0 Å². The van der Waals surface area contributed by atoms with Crippen molar-refractivity contribution in [1.82, 2.24) is 20.3 Å². The van der Waals surface area contributed by atoms with Crippen LogP contribution in [0.15, 0.2) is 24.5 Å². The summed E-state index contributed by atoms with van der Waals surface area (Å²) in [6.07, 6.45) is 4.58. The predicted molar refractivity (Wildman–Crippen MR) is 52.3 cm³/mol. The van der Waals surface area contributed by atoms with E-state index in [4.69, 9.17) is 0 Å². The Hall–Kier alpha value is -1.16. The van der Waals surface area contributed by atoms with Crippen LogP contribution < -0.4 is 5.32 Å². The van der Waals surface area contributed by atoms with Crippen LogP contribution in [0.3, 0.4) is 0 Å². The summed E-state index contributed by atoms with van der Waals surface area (Å²) in [7, 11) is 0. The Balaban J connectivity index is 2.05.